The van der Waals surface area contributed by atoms with Crippen molar-refractivity contribution in [3.63, 3.8) is 0 Å². The molecule has 0 heterocycles. The van der Waals surface area contributed by atoms with E-state index in [-0.39, 0.29) is 0 Å². The van der Waals surface area contributed by atoms with E-state index in [1.54, 1.807) is 26.4 Å². The first kappa shape index (κ1) is 16.1. The lowest BCUT2D eigenvalue weighted by Crippen LogP contribution is -2.01. The maximum Gasteiger partial charge on any atom is 0.179 e. The van der Waals surface area contributed by atoms with Gasteiger partial charge in [-0.3, -0.25) is 0 Å². The van der Waals surface area contributed by atoms with E-state index in [1.807, 2.05) is 18.2 Å². The molecule has 0 bridgehead atoms. The summed E-state index contributed by atoms with van der Waals surface area (Å²) in [6.07, 6.45) is 0. The predicted molar refractivity (Wildman–Crippen MR) is 88.3 cm³/mol. The van der Waals surface area contributed by atoms with Gasteiger partial charge in [0.2, 0.25) is 0 Å². The van der Waals surface area contributed by atoms with E-state index in [4.69, 9.17) is 44.3 Å². The van der Waals surface area contributed by atoms with Gasteiger partial charge < -0.3 is 14.8 Å². The van der Waals surface area contributed by atoms with Crippen molar-refractivity contribution in [2.24, 2.45) is 0 Å². The molecule has 2 rings (SSSR count). The van der Waals surface area contributed by atoms with Crippen LogP contribution in [0.15, 0.2) is 30.3 Å². The molecule has 3 nitrogen and oxygen atoms in total. The molecule has 0 amide bonds. The van der Waals surface area contributed by atoms with Crippen molar-refractivity contribution in [3.05, 3.63) is 51.0 Å². The van der Waals surface area contributed by atoms with Gasteiger partial charge >= 0.3 is 0 Å². The van der Waals surface area contributed by atoms with Crippen molar-refractivity contribution in [2.75, 3.05) is 19.5 Å². The first-order chi connectivity index (χ1) is 10.0. The summed E-state index contributed by atoms with van der Waals surface area (Å²) >= 11 is 18.2. The molecule has 6 heteroatoms. The second kappa shape index (κ2) is 7.12. The van der Waals surface area contributed by atoms with Crippen molar-refractivity contribution in [3.8, 4) is 11.5 Å². The molecule has 0 radical (unpaired) electrons. The molecule has 0 atom stereocenters. The first-order valence-electron chi connectivity index (χ1n) is 6.14. The summed E-state index contributed by atoms with van der Waals surface area (Å²) in [4.78, 5) is 0. The van der Waals surface area contributed by atoms with E-state index in [2.05, 4.69) is 5.32 Å². The molecule has 112 valence electrons. The molecule has 2 aromatic carbocycles. The molecular weight excluding hydrogens is 333 g/mol. The van der Waals surface area contributed by atoms with Crippen LogP contribution in [0.25, 0.3) is 0 Å². The largest absolute Gasteiger partial charge is 0.493 e. The molecule has 0 unspecified atom stereocenters. The lowest BCUT2D eigenvalue weighted by atomic mass is 10.2. The average Bonchev–Trinajstić information content (AvgIpc) is 2.45. The van der Waals surface area contributed by atoms with Gasteiger partial charge in [0.05, 0.1) is 30.0 Å². The summed E-state index contributed by atoms with van der Waals surface area (Å²) in [5.74, 6) is 1.11. The predicted octanol–water partition coefficient (Wildman–Crippen LogP) is 5.28. The average molecular weight is 347 g/mol. The molecule has 0 spiro atoms. The highest BCUT2D eigenvalue weighted by atomic mass is 35.5. The Morgan fingerprint density at radius 3 is 2.33 bits per heavy atom. The van der Waals surface area contributed by atoms with Crippen LogP contribution in [-0.2, 0) is 6.54 Å². The number of hydrogen-bond donors (Lipinski definition) is 1. The number of rotatable bonds is 5. The Balaban J connectivity index is 2.18. The van der Waals surface area contributed by atoms with E-state index in [1.165, 1.54) is 0 Å². The second-order valence-electron chi connectivity index (χ2n) is 4.29. The van der Waals surface area contributed by atoms with Crippen LogP contribution in [0.5, 0.6) is 11.5 Å². The number of anilines is 1. The summed E-state index contributed by atoms with van der Waals surface area (Å²) < 4.78 is 10.5. The Hall–Kier alpha value is -1.29. The molecule has 21 heavy (non-hydrogen) atoms. The molecule has 0 fully saturated rings. The number of methoxy groups -OCH3 is 2. The Labute approximate surface area is 138 Å². The van der Waals surface area contributed by atoms with Crippen LogP contribution in [-0.4, -0.2) is 14.2 Å². The monoisotopic (exact) mass is 345 g/mol. The van der Waals surface area contributed by atoms with Gasteiger partial charge in [-0.15, -0.1) is 0 Å². The van der Waals surface area contributed by atoms with Crippen LogP contribution in [0.1, 0.15) is 5.56 Å². The molecule has 1 N–H and O–H groups in total. The van der Waals surface area contributed by atoms with Crippen molar-refractivity contribution in [1.29, 1.82) is 0 Å². The van der Waals surface area contributed by atoms with Crippen LogP contribution in [0.3, 0.4) is 0 Å². The van der Waals surface area contributed by atoms with Crippen molar-refractivity contribution >= 4 is 40.5 Å². The zero-order valence-electron chi connectivity index (χ0n) is 11.5. The molecule has 0 aliphatic rings. The Morgan fingerprint density at radius 1 is 0.952 bits per heavy atom. The van der Waals surface area contributed by atoms with Gasteiger partial charge in [0.25, 0.3) is 0 Å². The lowest BCUT2D eigenvalue weighted by Gasteiger charge is -2.13. The Bertz CT molecular complexity index is 647. The molecule has 0 saturated carbocycles. The second-order valence-corrected chi connectivity index (χ2v) is 5.54. The minimum absolute atomic E-state index is 0.496. The van der Waals surface area contributed by atoms with Gasteiger partial charge in [0.1, 0.15) is 0 Å². The van der Waals surface area contributed by atoms with Gasteiger partial charge in [0.15, 0.2) is 11.5 Å². The first-order valence-corrected chi connectivity index (χ1v) is 7.28. The maximum atomic E-state index is 6.17. The third-order valence-electron chi connectivity index (χ3n) is 2.91. The zero-order chi connectivity index (χ0) is 15.4. The van der Waals surface area contributed by atoms with Crippen LogP contribution in [0.2, 0.25) is 15.1 Å². The van der Waals surface area contributed by atoms with Crippen molar-refractivity contribution in [2.45, 2.75) is 6.54 Å². The van der Waals surface area contributed by atoms with Crippen LogP contribution in [0, 0.1) is 0 Å². The molecule has 2 aromatic rings. The fourth-order valence-corrected chi connectivity index (χ4v) is 2.69. The van der Waals surface area contributed by atoms with Gasteiger partial charge in [-0.2, -0.15) is 0 Å². The van der Waals surface area contributed by atoms with E-state index < -0.39 is 0 Å². The number of halogens is 3. The molecule has 0 aromatic heterocycles. The van der Waals surface area contributed by atoms with E-state index >= 15 is 0 Å². The van der Waals surface area contributed by atoms with Gasteiger partial charge in [-0.1, -0.05) is 34.8 Å². The summed E-state index contributed by atoms with van der Waals surface area (Å²) in [5, 5.41) is 4.88. The van der Waals surface area contributed by atoms with Crippen LogP contribution < -0.4 is 14.8 Å². The fraction of sp³-hybridized carbons (Fsp3) is 0.200. The highest BCUT2D eigenvalue weighted by molar-refractivity contribution is 6.36. The van der Waals surface area contributed by atoms with Gasteiger partial charge in [0, 0.05) is 11.6 Å². The number of ether oxygens (including phenoxy) is 2. The van der Waals surface area contributed by atoms with Gasteiger partial charge in [-0.25, -0.2) is 0 Å². The Morgan fingerprint density at radius 2 is 1.71 bits per heavy atom. The summed E-state index contributed by atoms with van der Waals surface area (Å²) in [6.45, 7) is 0.543. The third kappa shape index (κ3) is 3.88. The molecule has 0 aliphatic heterocycles. The normalized spacial score (nSPS) is 10.3. The topological polar surface area (TPSA) is 30.5 Å². The standard InChI is InChI=1S/C15H14Cl3NO2/c1-20-14-6-9(5-12(18)15(14)21-2)8-19-13-4-3-10(16)7-11(13)17/h3-7,19H,8H2,1-2H3. The minimum atomic E-state index is 0.496. The molecule has 0 saturated heterocycles. The highest BCUT2D eigenvalue weighted by Gasteiger charge is 2.11. The number of benzene rings is 2. The van der Waals surface area contributed by atoms with Crippen LogP contribution in [0.4, 0.5) is 5.69 Å². The van der Waals surface area contributed by atoms with Crippen LogP contribution >= 0.6 is 34.8 Å². The van der Waals surface area contributed by atoms with E-state index in [9.17, 15) is 0 Å². The Kier molecular flexibility index (Phi) is 5.45. The number of nitrogens with one attached hydrogen (secondary N) is 1. The summed E-state index contributed by atoms with van der Waals surface area (Å²) in [5.41, 5.74) is 1.75. The fourth-order valence-electron chi connectivity index (χ4n) is 1.90. The van der Waals surface area contributed by atoms with Crippen molar-refractivity contribution < 1.29 is 9.47 Å². The minimum Gasteiger partial charge on any atom is -0.493 e. The summed E-state index contributed by atoms with van der Waals surface area (Å²) in [7, 11) is 3.12. The SMILES string of the molecule is COc1cc(CNc2ccc(Cl)cc2Cl)cc(Cl)c1OC. The quantitative estimate of drug-likeness (QED) is 0.799. The molecular formula is C15H14Cl3NO2. The van der Waals surface area contributed by atoms with E-state index in [0.29, 0.717) is 33.1 Å². The van der Waals surface area contributed by atoms with E-state index in [0.717, 1.165) is 11.3 Å². The third-order valence-corrected chi connectivity index (χ3v) is 3.74. The lowest BCUT2D eigenvalue weighted by molar-refractivity contribution is 0.355. The molecule has 0 aliphatic carbocycles. The maximum absolute atomic E-state index is 6.17. The van der Waals surface area contributed by atoms with Gasteiger partial charge in [-0.05, 0) is 35.9 Å². The highest BCUT2D eigenvalue weighted by Crippen LogP contribution is 2.36. The summed E-state index contributed by atoms with van der Waals surface area (Å²) in [6, 6.07) is 8.97. The number of hydrogen-bond acceptors (Lipinski definition) is 3. The van der Waals surface area contributed by atoms with Crippen molar-refractivity contribution in [1.82, 2.24) is 0 Å². The smallest absolute Gasteiger partial charge is 0.179 e. The zero-order valence-corrected chi connectivity index (χ0v) is 13.8.